The molecule has 2 aliphatic rings. The van der Waals surface area contributed by atoms with Crippen LogP contribution in [0, 0.1) is 0 Å². The highest BCUT2D eigenvalue weighted by atomic mass is 32.2. The molecule has 2 heterocycles. The summed E-state index contributed by atoms with van der Waals surface area (Å²) < 4.78 is 0. The monoisotopic (exact) mass is 258 g/mol. The van der Waals surface area contributed by atoms with Crippen LogP contribution < -0.4 is 5.32 Å². The van der Waals surface area contributed by atoms with E-state index in [9.17, 15) is 9.59 Å². The lowest BCUT2D eigenvalue weighted by molar-refractivity contribution is -0.141. The van der Waals surface area contributed by atoms with Gasteiger partial charge in [0.05, 0.1) is 17.5 Å². The number of nitrogens with one attached hydrogen (secondary N) is 1. The molecule has 0 aromatic heterocycles. The maximum Gasteiger partial charge on any atom is 0.241 e. The van der Waals surface area contributed by atoms with Crippen molar-refractivity contribution in [1.29, 1.82) is 0 Å². The van der Waals surface area contributed by atoms with Crippen LogP contribution in [0.1, 0.15) is 34.0 Å². The van der Waals surface area contributed by atoms with Gasteiger partial charge in [-0.2, -0.15) is 0 Å². The number of amides is 1. The molecular formula is C12H22N2O2S. The summed E-state index contributed by atoms with van der Waals surface area (Å²) >= 11 is 1.82. The molecule has 98 valence electrons. The first kappa shape index (κ1) is 12.9. The van der Waals surface area contributed by atoms with Crippen LogP contribution in [0.4, 0.5) is 0 Å². The lowest BCUT2D eigenvalue weighted by Gasteiger charge is -2.40. The molecule has 3 atom stereocenters. The standard InChI is InChI=1S/C12H20N2O2S.H2/c1-8(15)10-6-7-17-11-5-3-4-9(13-2)12(16)14(10)11;/h9-11,13H,3-7H2,1-2H3;1H. The molecule has 2 saturated heterocycles. The molecule has 1 amide bonds. The van der Waals surface area contributed by atoms with Gasteiger partial charge in [0.15, 0.2) is 5.78 Å². The largest absolute Gasteiger partial charge is 0.319 e. The molecule has 0 aliphatic carbocycles. The van der Waals surface area contributed by atoms with E-state index in [0.29, 0.717) is 0 Å². The number of nitrogens with zero attached hydrogens (tertiary/aromatic N) is 1. The fraction of sp³-hybridized carbons (Fsp3) is 0.833. The highest BCUT2D eigenvalue weighted by molar-refractivity contribution is 7.99. The minimum absolute atomic E-state index is 0. The van der Waals surface area contributed by atoms with Gasteiger partial charge in [-0.05, 0) is 45.4 Å². The third-order valence-corrected chi connectivity index (χ3v) is 4.98. The molecule has 0 aromatic carbocycles. The zero-order valence-corrected chi connectivity index (χ0v) is 11.3. The van der Waals surface area contributed by atoms with Crippen molar-refractivity contribution in [2.45, 2.75) is 50.1 Å². The molecule has 0 spiro atoms. The minimum Gasteiger partial charge on any atom is -0.319 e. The summed E-state index contributed by atoms with van der Waals surface area (Å²) in [4.78, 5) is 26.0. The summed E-state index contributed by atoms with van der Waals surface area (Å²) in [5.41, 5.74) is 0. The zero-order valence-electron chi connectivity index (χ0n) is 10.4. The lowest BCUT2D eigenvalue weighted by atomic mass is 10.1. The Balaban J connectivity index is 0.00000162. The molecular weight excluding hydrogens is 236 g/mol. The normalized spacial score (nSPS) is 34.1. The second kappa shape index (κ2) is 5.40. The lowest BCUT2D eigenvalue weighted by Crippen LogP contribution is -2.55. The van der Waals surface area contributed by atoms with Crippen LogP contribution in [0.15, 0.2) is 0 Å². The van der Waals surface area contributed by atoms with Crippen molar-refractivity contribution in [2.75, 3.05) is 12.8 Å². The van der Waals surface area contributed by atoms with Crippen molar-refractivity contribution >= 4 is 23.5 Å². The van der Waals surface area contributed by atoms with Crippen molar-refractivity contribution in [3.8, 4) is 0 Å². The van der Waals surface area contributed by atoms with E-state index in [1.807, 2.05) is 23.7 Å². The van der Waals surface area contributed by atoms with Crippen LogP contribution in [0.3, 0.4) is 0 Å². The summed E-state index contributed by atoms with van der Waals surface area (Å²) in [5, 5.41) is 3.29. The number of carbonyl (C=O) groups is 2. The van der Waals surface area contributed by atoms with Crippen LogP contribution in [0.5, 0.6) is 0 Å². The molecule has 0 bridgehead atoms. The Labute approximate surface area is 108 Å². The average molecular weight is 258 g/mol. The maximum absolute atomic E-state index is 12.4. The minimum atomic E-state index is -0.192. The Morgan fingerprint density at radius 3 is 2.88 bits per heavy atom. The Bertz CT molecular complexity index is 327. The number of ketones is 1. The van der Waals surface area contributed by atoms with Crippen LogP contribution in [0.2, 0.25) is 0 Å². The van der Waals surface area contributed by atoms with E-state index in [0.717, 1.165) is 31.4 Å². The van der Waals surface area contributed by atoms with Crippen molar-refractivity contribution in [1.82, 2.24) is 10.2 Å². The Morgan fingerprint density at radius 1 is 1.47 bits per heavy atom. The molecule has 4 nitrogen and oxygen atoms in total. The molecule has 17 heavy (non-hydrogen) atoms. The molecule has 2 aliphatic heterocycles. The van der Waals surface area contributed by atoms with Gasteiger partial charge >= 0.3 is 0 Å². The molecule has 2 fully saturated rings. The van der Waals surface area contributed by atoms with Crippen LogP contribution in [-0.4, -0.2) is 46.8 Å². The predicted octanol–water partition coefficient (Wildman–Crippen LogP) is 1.25. The van der Waals surface area contributed by atoms with Gasteiger partial charge in [0.1, 0.15) is 0 Å². The average Bonchev–Trinajstić information content (AvgIpc) is 2.48. The Morgan fingerprint density at radius 2 is 2.24 bits per heavy atom. The summed E-state index contributed by atoms with van der Waals surface area (Å²) in [6.07, 6.45) is 3.75. The number of rotatable bonds is 2. The Kier molecular flexibility index (Phi) is 4.09. The van der Waals surface area contributed by atoms with Crippen LogP contribution in [-0.2, 0) is 9.59 Å². The zero-order chi connectivity index (χ0) is 12.4. The van der Waals surface area contributed by atoms with Gasteiger partial charge in [-0.15, -0.1) is 11.8 Å². The molecule has 1 N–H and O–H groups in total. The van der Waals surface area contributed by atoms with Crippen LogP contribution in [0.25, 0.3) is 0 Å². The number of fused-ring (bicyclic) bond motifs is 1. The van der Waals surface area contributed by atoms with E-state index in [4.69, 9.17) is 0 Å². The third-order valence-electron chi connectivity index (χ3n) is 3.66. The number of Topliss-reactive ketones (excluding diaryl/α,β-unsaturated/α-hetero) is 1. The molecule has 2 rings (SSSR count). The quantitative estimate of drug-likeness (QED) is 0.810. The molecule has 0 saturated carbocycles. The first-order chi connectivity index (χ1) is 8.15. The highest BCUT2D eigenvalue weighted by Gasteiger charge is 2.40. The summed E-state index contributed by atoms with van der Waals surface area (Å²) in [7, 11) is 1.82. The fourth-order valence-corrected chi connectivity index (χ4v) is 4.10. The SMILES string of the molecule is CNC1CCCC2SCCC(C(C)=O)N2C1=O.[HH]. The fourth-order valence-electron chi connectivity index (χ4n) is 2.72. The molecule has 0 aromatic rings. The van der Waals surface area contributed by atoms with E-state index in [1.54, 1.807) is 6.92 Å². The van der Waals surface area contributed by atoms with Crippen molar-refractivity contribution in [3.63, 3.8) is 0 Å². The summed E-state index contributed by atoms with van der Waals surface area (Å²) in [6, 6.07) is -0.303. The first-order valence-corrected chi connectivity index (χ1v) is 7.31. The van der Waals surface area contributed by atoms with E-state index in [2.05, 4.69) is 5.32 Å². The van der Waals surface area contributed by atoms with E-state index < -0.39 is 0 Å². The van der Waals surface area contributed by atoms with Gasteiger partial charge in [-0.3, -0.25) is 9.59 Å². The van der Waals surface area contributed by atoms with Gasteiger partial charge in [-0.1, -0.05) is 0 Å². The van der Waals surface area contributed by atoms with Crippen molar-refractivity contribution in [3.05, 3.63) is 0 Å². The number of hydrogen-bond donors (Lipinski definition) is 1. The molecule has 5 heteroatoms. The van der Waals surface area contributed by atoms with E-state index >= 15 is 0 Å². The summed E-state index contributed by atoms with van der Waals surface area (Å²) in [5.74, 6) is 1.23. The highest BCUT2D eigenvalue weighted by Crippen LogP contribution is 2.34. The van der Waals surface area contributed by atoms with Gasteiger partial charge in [0.25, 0.3) is 0 Å². The number of likely N-dealkylation sites (N-methyl/N-ethyl adjacent to an activating group) is 1. The number of carbonyl (C=O) groups excluding carboxylic acids is 2. The van der Waals surface area contributed by atoms with Gasteiger partial charge < -0.3 is 10.2 Å². The Hall–Kier alpha value is -0.550. The second-order valence-corrected chi connectivity index (χ2v) is 6.04. The molecule has 3 unspecified atom stereocenters. The smallest absolute Gasteiger partial charge is 0.241 e. The molecule has 0 radical (unpaired) electrons. The van der Waals surface area contributed by atoms with Crippen molar-refractivity contribution < 1.29 is 11.0 Å². The third kappa shape index (κ3) is 2.50. The maximum atomic E-state index is 12.4. The van der Waals surface area contributed by atoms with Crippen LogP contribution >= 0.6 is 11.8 Å². The first-order valence-electron chi connectivity index (χ1n) is 6.26. The number of hydrogen-bond acceptors (Lipinski definition) is 4. The second-order valence-electron chi connectivity index (χ2n) is 4.76. The number of thioether (sulfide) groups is 1. The predicted molar refractivity (Wildman–Crippen MR) is 71.0 cm³/mol. The van der Waals surface area contributed by atoms with Gasteiger partial charge in [0, 0.05) is 1.43 Å². The van der Waals surface area contributed by atoms with Gasteiger partial charge in [0.2, 0.25) is 5.91 Å². The van der Waals surface area contributed by atoms with E-state index in [-0.39, 0.29) is 30.6 Å². The topological polar surface area (TPSA) is 49.4 Å². The summed E-state index contributed by atoms with van der Waals surface area (Å²) in [6.45, 7) is 1.60. The van der Waals surface area contributed by atoms with E-state index in [1.165, 1.54) is 0 Å². The van der Waals surface area contributed by atoms with Crippen molar-refractivity contribution in [2.24, 2.45) is 0 Å². The van der Waals surface area contributed by atoms with Gasteiger partial charge in [-0.25, -0.2) is 0 Å².